The second-order valence-corrected chi connectivity index (χ2v) is 10.3. The minimum atomic E-state index is -0.130. The van der Waals surface area contributed by atoms with Gasteiger partial charge in [0.15, 0.2) is 5.82 Å². The smallest absolute Gasteiger partial charge is 0.282 e. The Balaban J connectivity index is 1.66. The molecule has 1 aliphatic carbocycles. The van der Waals surface area contributed by atoms with Gasteiger partial charge in [-0.05, 0) is 46.9 Å². The van der Waals surface area contributed by atoms with E-state index in [0.717, 1.165) is 43.5 Å². The highest BCUT2D eigenvalue weighted by atomic mass is 16.1. The van der Waals surface area contributed by atoms with Gasteiger partial charge in [-0.3, -0.25) is 4.79 Å². The number of carbonyl (C=O) groups excluding carboxylic acids is 1. The second-order valence-electron chi connectivity index (χ2n) is 10.3. The van der Waals surface area contributed by atoms with E-state index in [1.807, 2.05) is 30.0 Å². The third-order valence-corrected chi connectivity index (χ3v) is 7.05. The minimum absolute atomic E-state index is 0.130. The van der Waals surface area contributed by atoms with Gasteiger partial charge in [-0.2, -0.15) is 11.8 Å². The summed E-state index contributed by atoms with van der Waals surface area (Å²) in [5.74, 6) is 1.03. The first-order valence-corrected chi connectivity index (χ1v) is 11.9. The number of allylic oxidation sites excluding steroid dienone is 2. The molecule has 0 spiro atoms. The number of nitrogens with one attached hydrogen (secondary N) is 1. The molecule has 35 heavy (non-hydrogen) atoms. The van der Waals surface area contributed by atoms with Crippen LogP contribution in [0.25, 0.3) is 10.5 Å². The normalized spacial score (nSPS) is 19.5. The number of guanidine groups is 1. The molecule has 1 aliphatic heterocycles. The zero-order valence-corrected chi connectivity index (χ0v) is 20.8. The molecule has 0 saturated carbocycles. The molecule has 2 heterocycles. The van der Waals surface area contributed by atoms with E-state index in [1.54, 1.807) is 0 Å². The van der Waals surface area contributed by atoms with Crippen LogP contribution in [0.3, 0.4) is 0 Å². The van der Waals surface area contributed by atoms with Crippen molar-refractivity contribution in [1.29, 1.82) is 5.26 Å². The highest BCUT2D eigenvalue weighted by Gasteiger charge is 2.30. The number of nitrogens with zero attached hydrogens (tertiary/aromatic N) is 6. The second kappa shape index (κ2) is 9.76. The molecule has 1 N–H and O–H groups in total. The first-order chi connectivity index (χ1) is 16.7. The predicted octanol–water partition coefficient (Wildman–Crippen LogP) is 4.45. The van der Waals surface area contributed by atoms with Crippen LogP contribution in [0, 0.1) is 23.3 Å². The minimum Gasteiger partial charge on any atom is -0.339 e. The third kappa shape index (κ3) is 5.27. The van der Waals surface area contributed by atoms with Crippen LogP contribution in [-0.4, -0.2) is 58.7 Å². The number of aromatic nitrogens is 2. The number of hydrogen-bond donors (Lipinski definition) is 1. The maximum absolute atomic E-state index is 13.0. The van der Waals surface area contributed by atoms with Crippen LogP contribution in [0.15, 0.2) is 35.6 Å². The number of hydrogen-bond acceptors (Lipinski definition) is 4. The predicted molar refractivity (Wildman–Crippen MR) is 135 cm³/mol. The molecule has 4 rings (SSSR count). The fourth-order valence-electron chi connectivity index (χ4n) is 4.98. The van der Waals surface area contributed by atoms with E-state index in [4.69, 9.17) is 11.8 Å². The highest BCUT2D eigenvalue weighted by molar-refractivity contribution is 5.95. The molecule has 0 unspecified atom stereocenters. The molecule has 8 nitrogen and oxygen atoms in total. The van der Waals surface area contributed by atoms with Gasteiger partial charge in [0.1, 0.15) is 16.9 Å². The Morgan fingerprint density at radius 3 is 2.69 bits per heavy atom. The largest absolute Gasteiger partial charge is 0.339 e. The highest BCUT2D eigenvalue weighted by Crippen LogP contribution is 2.40. The Labute approximate surface area is 206 Å². The van der Waals surface area contributed by atoms with Crippen LogP contribution in [0.2, 0.25) is 0 Å². The molecule has 1 aromatic carbocycles. The first kappa shape index (κ1) is 24.2. The van der Waals surface area contributed by atoms with E-state index in [0.29, 0.717) is 5.96 Å². The summed E-state index contributed by atoms with van der Waals surface area (Å²) >= 11 is 0. The van der Waals surface area contributed by atoms with Crippen molar-refractivity contribution >= 4 is 17.3 Å². The molecule has 180 valence electrons. The number of likely N-dealkylation sites (N-methyl/N-ethyl adjacent to an activating group) is 2. The van der Waals surface area contributed by atoms with Crippen LogP contribution in [0.1, 0.15) is 72.0 Å². The zero-order chi connectivity index (χ0) is 25.2. The Hall–Kier alpha value is -3.91. The molecule has 0 amide bonds. The van der Waals surface area contributed by atoms with Gasteiger partial charge in [0.25, 0.3) is 5.96 Å². The fraction of sp³-hybridized carbons (Fsp3) is 0.444. The number of carbonyl (C=O) groups is 1. The number of rotatable bonds is 5. The van der Waals surface area contributed by atoms with Crippen LogP contribution in [0.5, 0.6) is 0 Å². The summed E-state index contributed by atoms with van der Waals surface area (Å²) in [6.07, 6.45) is 7.03. The third-order valence-electron chi connectivity index (χ3n) is 7.05. The van der Waals surface area contributed by atoms with Crippen LogP contribution < -0.4 is 0 Å². The van der Waals surface area contributed by atoms with Crippen molar-refractivity contribution < 1.29 is 4.79 Å². The van der Waals surface area contributed by atoms with E-state index in [-0.39, 0.29) is 35.1 Å². The summed E-state index contributed by atoms with van der Waals surface area (Å²) in [5, 5.41) is 13.0. The van der Waals surface area contributed by atoms with Crippen molar-refractivity contribution in [3.63, 3.8) is 0 Å². The summed E-state index contributed by atoms with van der Waals surface area (Å²) < 4.78 is 0. The lowest BCUT2D eigenvalue weighted by molar-refractivity contribution is 0.0984. The molecular formula is C27H31N7O. The summed E-state index contributed by atoms with van der Waals surface area (Å²) in [4.78, 5) is 27.1. The number of benzene rings is 1. The lowest BCUT2D eigenvalue weighted by Gasteiger charge is -2.38. The quantitative estimate of drug-likeness (QED) is 0.397. The molecule has 1 fully saturated rings. The Morgan fingerprint density at radius 2 is 2.09 bits per heavy atom. The topological polar surface area (TPSA) is 92.7 Å². The zero-order valence-electron chi connectivity index (χ0n) is 20.8. The summed E-state index contributed by atoms with van der Waals surface area (Å²) in [6.45, 7) is 13.2. The SMILES string of the molecule is [C-]#[N+]N=C1N(C)CC(c2ccc(CC(=O)c3ncc(C#N)[nH]3)c(C3=CCC(C)(C)CC3)c2)CN1C. The number of H-pyrrole nitrogens is 1. The molecule has 0 bridgehead atoms. The number of Topliss-reactive ketones (excluding diaryl/α,β-unsaturated/α-hetero) is 1. The van der Waals surface area contributed by atoms with Crippen molar-refractivity contribution in [2.75, 3.05) is 27.2 Å². The summed E-state index contributed by atoms with van der Waals surface area (Å²) in [7, 11) is 3.93. The molecular weight excluding hydrogens is 438 g/mol. The molecule has 0 radical (unpaired) electrons. The fourth-order valence-corrected chi connectivity index (χ4v) is 4.98. The van der Waals surface area contributed by atoms with Crippen LogP contribution >= 0.6 is 0 Å². The maximum Gasteiger partial charge on any atom is 0.282 e. The molecule has 2 aliphatic rings. The lowest BCUT2D eigenvalue weighted by atomic mass is 9.76. The Morgan fingerprint density at radius 1 is 1.34 bits per heavy atom. The van der Waals surface area contributed by atoms with Gasteiger partial charge in [-0.25, -0.2) is 4.98 Å². The van der Waals surface area contributed by atoms with Gasteiger partial charge in [0.05, 0.1) is 6.20 Å². The van der Waals surface area contributed by atoms with Crippen molar-refractivity contribution in [3.8, 4) is 6.07 Å². The van der Waals surface area contributed by atoms with Crippen LogP contribution in [0.4, 0.5) is 0 Å². The molecule has 8 heteroatoms. The first-order valence-electron chi connectivity index (χ1n) is 11.9. The number of imidazole rings is 1. The summed E-state index contributed by atoms with van der Waals surface area (Å²) in [6, 6.07) is 8.42. The standard InChI is InChI=1S/C27H31N7O/c1-27(2)10-8-18(9-11-27)23-12-19(21-16-33(4)26(32-29-3)34(5)17-21)6-7-20(23)13-24(35)25-30-15-22(14-28)31-25/h6-8,12,15,21H,9-11,13,16-17H2,1-2,4-5H3,(H,30,31). The molecule has 1 saturated heterocycles. The van der Waals surface area contributed by atoms with Crippen molar-refractivity contribution in [3.05, 3.63) is 70.2 Å². The van der Waals surface area contributed by atoms with Gasteiger partial charge >= 0.3 is 0 Å². The number of ketones is 1. The van der Waals surface area contributed by atoms with E-state index < -0.39 is 0 Å². The monoisotopic (exact) mass is 469 g/mol. The van der Waals surface area contributed by atoms with E-state index in [2.05, 4.69) is 58.1 Å². The van der Waals surface area contributed by atoms with E-state index in [9.17, 15) is 4.79 Å². The average Bonchev–Trinajstić information content (AvgIpc) is 3.31. The van der Waals surface area contributed by atoms with Crippen molar-refractivity contribution in [2.24, 2.45) is 10.5 Å². The summed E-state index contributed by atoms with van der Waals surface area (Å²) in [5.41, 5.74) is 5.18. The number of aromatic amines is 1. The van der Waals surface area contributed by atoms with Gasteiger partial charge in [-0.15, -0.1) is 4.95 Å². The van der Waals surface area contributed by atoms with Gasteiger partial charge < -0.3 is 14.8 Å². The van der Waals surface area contributed by atoms with E-state index >= 15 is 0 Å². The van der Waals surface area contributed by atoms with Gasteiger partial charge in [0, 0.05) is 39.5 Å². The van der Waals surface area contributed by atoms with Crippen molar-refractivity contribution in [1.82, 2.24) is 19.8 Å². The Kier molecular flexibility index (Phi) is 6.75. The lowest BCUT2D eigenvalue weighted by Crippen LogP contribution is -2.49. The van der Waals surface area contributed by atoms with Crippen molar-refractivity contribution in [2.45, 2.75) is 45.4 Å². The average molecular weight is 470 g/mol. The Bertz CT molecular complexity index is 1260. The molecule has 2 aromatic rings. The van der Waals surface area contributed by atoms with Gasteiger partial charge in [-0.1, -0.05) is 38.1 Å². The number of nitriles is 1. The maximum atomic E-state index is 13.0. The van der Waals surface area contributed by atoms with Gasteiger partial charge in [0.2, 0.25) is 5.78 Å². The van der Waals surface area contributed by atoms with E-state index in [1.165, 1.54) is 17.3 Å². The van der Waals surface area contributed by atoms with Crippen LogP contribution in [-0.2, 0) is 6.42 Å². The molecule has 1 aromatic heterocycles. The molecule has 0 atom stereocenters.